The van der Waals surface area contributed by atoms with Crippen LogP contribution in [0, 0.1) is 0 Å². The zero-order chi connectivity index (χ0) is 18.6. The van der Waals surface area contributed by atoms with Crippen LogP contribution in [0.2, 0.25) is 0 Å². The molecule has 4 nitrogen and oxygen atoms in total. The van der Waals surface area contributed by atoms with Crippen molar-refractivity contribution < 1.29 is 9.59 Å². The second-order valence-electron chi connectivity index (χ2n) is 6.91. The topological polar surface area (TPSA) is 49.4 Å². The van der Waals surface area contributed by atoms with Gasteiger partial charge in [-0.3, -0.25) is 9.59 Å². The normalized spacial score (nSPS) is 13.7. The number of amides is 2. The zero-order valence-electron chi connectivity index (χ0n) is 15.2. The molecule has 4 rings (SSSR count). The number of benzene rings is 3. The van der Waals surface area contributed by atoms with Gasteiger partial charge in [0.15, 0.2) is 0 Å². The van der Waals surface area contributed by atoms with Gasteiger partial charge in [0.05, 0.1) is 0 Å². The SMILES string of the molecule is O=C(NCc1cccc(C(=O)N2CCCC2)c1)c1cccc2ccccc12. The van der Waals surface area contributed by atoms with Gasteiger partial charge >= 0.3 is 0 Å². The summed E-state index contributed by atoms with van der Waals surface area (Å²) in [5.41, 5.74) is 2.28. The Morgan fingerprint density at radius 3 is 2.48 bits per heavy atom. The molecule has 0 atom stereocenters. The monoisotopic (exact) mass is 358 g/mol. The Labute approximate surface area is 158 Å². The van der Waals surface area contributed by atoms with Crippen molar-refractivity contribution >= 4 is 22.6 Å². The van der Waals surface area contributed by atoms with Crippen molar-refractivity contribution in [2.75, 3.05) is 13.1 Å². The Kier molecular flexibility index (Phi) is 4.88. The molecular formula is C23H22N2O2. The first-order valence-corrected chi connectivity index (χ1v) is 9.36. The largest absolute Gasteiger partial charge is 0.348 e. The Morgan fingerprint density at radius 2 is 1.63 bits per heavy atom. The summed E-state index contributed by atoms with van der Waals surface area (Å²) in [6.45, 7) is 2.06. The summed E-state index contributed by atoms with van der Waals surface area (Å²) in [6, 6.07) is 21.1. The molecule has 4 heteroatoms. The fourth-order valence-corrected chi connectivity index (χ4v) is 3.62. The molecule has 0 aromatic heterocycles. The van der Waals surface area contributed by atoms with Gasteiger partial charge in [0.25, 0.3) is 11.8 Å². The summed E-state index contributed by atoms with van der Waals surface area (Å²) < 4.78 is 0. The molecule has 0 bridgehead atoms. The molecule has 1 fully saturated rings. The van der Waals surface area contributed by atoms with E-state index in [2.05, 4.69) is 5.32 Å². The minimum atomic E-state index is -0.108. The molecule has 1 saturated heterocycles. The number of nitrogens with zero attached hydrogens (tertiary/aromatic N) is 1. The number of rotatable bonds is 4. The number of hydrogen-bond acceptors (Lipinski definition) is 2. The Bertz CT molecular complexity index is 985. The molecule has 0 radical (unpaired) electrons. The van der Waals surface area contributed by atoms with Crippen molar-refractivity contribution in [3.05, 3.63) is 83.4 Å². The molecule has 0 spiro atoms. The van der Waals surface area contributed by atoms with Crippen LogP contribution in [0.1, 0.15) is 39.1 Å². The molecule has 27 heavy (non-hydrogen) atoms. The third-order valence-corrected chi connectivity index (χ3v) is 5.05. The minimum Gasteiger partial charge on any atom is -0.348 e. The van der Waals surface area contributed by atoms with E-state index < -0.39 is 0 Å². The van der Waals surface area contributed by atoms with Crippen LogP contribution in [0.4, 0.5) is 0 Å². The fraction of sp³-hybridized carbons (Fsp3) is 0.217. The van der Waals surface area contributed by atoms with Crippen molar-refractivity contribution in [2.45, 2.75) is 19.4 Å². The average Bonchev–Trinajstić information content (AvgIpc) is 3.26. The van der Waals surface area contributed by atoms with Crippen LogP contribution in [0.15, 0.2) is 66.7 Å². The first-order chi connectivity index (χ1) is 13.2. The molecule has 0 unspecified atom stereocenters. The van der Waals surface area contributed by atoms with E-state index in [9.17, 15) is 9.59 Å². The second kappa shape index (κ2) is 7.62. The van der Waals surface area contributed by atoms with Gasteiger partial charge in [0.2, 0.25) is 0 Å². The van der Waals surface area contributed by atoms with Gasteiger partial charge in [-0.05, 0) is 47.4 Å². The Balaban J connectivity index is 1.47. The van der Waals surface area contributed by atoms with Crippen molar-refractivity contribution in [3.8, 4) is 0 Å². The molecule has 2 amide bonds. The van der Waals surface area contributed by atoms with Crippen LogP contribution in [0.5, 0.6) is 0 Å². The van der Waals surface area contributed by atoms with Gasteiger partial charge in [-0.15, -0.1) is 0 Å². The molecule has 0 saturated carbocycles. The molecule has 3 aromatic rings. The van der Waals surface area contributed by atoms with E-state index in [1.807, 2.05) is 71.6 Å². The predicted octanol–water partition coefficient (Wildman–Crippen LogP) is 4.01. The zero-order valence-corrected chi connectivity index (χ0v) is 15.2. The van der Waals surface area contributed by atoms with Crippen LogP contribution < -0.4 is 5.32 Å². The maximum atomic E-state index is 12.7. The molecular weight excluding hydrogens is 336 g/mol. The van der Waals surface area contributed by atoms with Crippen LogP contribution in [-0.2, 0) is 6.54 Å². The molecule has 1 heterocycles. The first-order valence-electron chi connectivity index (χ1n) is 9.36. The molecule has 1 aliphatic heterocycles. The number of hydrogen-bond donors (Lipinski definition) is 1. The lowest BCUT2D eigenvalue weighted by Gasteiger charge is -2.16. The lowest BCUT2D eigenvalue weighted by atomic mass is 10.0. The van der Waals surface area contributed by atoms with E-state index in [0.29, 0.717) is 17.7 Å². The highest BCUT2D eigenvalue weighted by molar-refractivity contribution is 6.07. The van der Waals surface area contributed by atoms with E-state index in [0.717, 1.165) is 42.3 Å². The van der Waals surface area contributed by atoms with Crippen molar-refractivity contribution in [1.29, 1.82) is 0 Å². The van der Waals surface area contributed by atoms with Crippen LogP contribution >= 0.6 is 0 Å². The number of nitrogens with one attached hydrogen (secondary N) is 1. The van der Waals surface area contributed by atoms with E-state index in [1.54, 1.807) is 0 Å². The molecule has 136 valence electrons. The number of fused-ring (bicyclic) bond motifs is 1. The van der Waals surface area contributed by atoms with E-state index in [-0.39, 0.29) is 11.8 Å². The number of likely N-dealkylation sites (tertiary alicyclic amines) is 1. The maximum Gasteiger partial charge on any atom is 0.253 e. The van der Waals surface area contributed by atoms with Gasteiger partial charge in [-0.1, -0.05) is 48.5 Å². The standard InChI is InChI=1S/C23H22N2O2/c26-22(21-12-6-9-18-8-1-2-11-20(18)21)24-16-17-7-5-10-19(15-17)23(27)25-13-3-4-14-25/h1-2,5-12,15H,3-4,13-14,16H2,(H,24,26). The summed E-state index contributed by atoms with van der Waals surface area (Å²) in [4.78, 5) is 27.1. The number of carbonyl (C=O) groups is 2. The lowest BCUT2D eigenvalue weighted by Crippen LogP contribution is -2.28. The van der Waals surface area contributed by atoms with E-state index >= 15 is 0 Å². The Morgan fingerprint density at radius 1 is 0.889 bits per heavy atom. The quantitative estimate of drug-likeness (QED) is 0.766. The van der Waals surface area contributed by atoms with Crippen molar-refractivity contribution in [2.24, 2.45) is 0 Å². The third kappa shape index (κ3) is 3.70. The van der Waals surface area contributed by atoms with Gasteiger partial charge in [0.1, 0.15) is 0 Å². The van der Waals surface area contributed by atoms with Gasteiger partial charge in [0, 0.05) is 30.8 Å². The molecule has 1 aliphatic rings. The predicted molar refractivity (Wildman–Crippen MR) is 107 cm³/mol. The third-order valence-electron chi connectivity index (χ3n) is 5.05. The van der Waals surface area contributed by atoms with Gasteiger partial charge < -0.3 is 10.2 Å². The molecule has 3 aromatic carbocycles. The molecule has 1 N–H and O–H groups in total. The van der Waals surface area contributed by atoms with Crippen molar-refractivity contribution in [3.63, 3.8) is 0 Å². The summed E-state index contributed by atoms with van der Waals surface area (Å²) >= 11 is 0. The molecule has 0 aliphatic carbocycles. The highest BCUT2D eigenvalue weighted by Crippen LogP contribution is 2.19. The summed E-state index contributed by atoms with van der Waals surface area (Å²) in [7, 11) is 0. The van der Waals surface area contributed by atoms with Gasteiger partial charge in [-0.25, -0.2) is 0 Å². The van der Waals surface area contributed by atoms with Crippen LogP contribution in [0.3, 0.4) is 0 Å². The maximum absolute atomic E-state index is 12.7. The van der Waals surface area contributed by atoms with E-state index in [4.69, 9.17) is 0 Å². The van der Waals surface area contributed by atoms with Crippen LogP contribution in [-0.4, -0.2) is 29.8 Å². The smallest absolute Gasteiger partial charge is 0.253 e. The Hall–Kier alpha value is -3.14. The summed E-state index contributed by atoms with van der Waals surface area (Å²) in [5.74, 6) is -0.0298. The summed E-state index contributed by atoms with van der Waals surface area (Å²) in [5, 5.41) is 4.96. The summed E-state index contributed by atoms with van der Waals surface area (Å²) in [6.07, 6.45) is 2.15. The lowest BCUT2D eigenvalue weighted by molar-refractivity contribution is 0.0792. The highest BCUT2D eigenvalue weighted by atomic mass is 16.2. The number of carbonyl (C=O) groups excluding carboxylic acids is 2. The van der Waals surface area contributed by atoms with E-state index in [1.165, 1.54) is 0 Å². The highest BCUT2D eigenvalue weighted by Gasteiger charge is 2.19. The average molecular weight is 358 g/mol. The second-order valence-corrected chi connectivity index (χ2v) is 6.91. The first kappa shape index (κ1) is 17.3. The fourth-order valence-electron chi connectivity index (χ4n) is 3.62. The van der Waals surface area contributed by atoms with Crippen molar-refractivity contribution in [1.82, 2.24) is 10.2 Å². The van der Waals surface area contributed by atoms with Gasteiger partial charge in [-0.2, -0.15) is 0 Å². The minimum absolute atomic E-state index is 0.0785. The van der Waals surface area contributed by atoms with Crippen LogP contribution in [0.25, 0.3) is 10.8 Å².